The monoisotopic (exact) mass is 485 g/mol. The largest absolute Gasteiger partial charge is 0.413 e. The van der Waals surface area contributed by atoms with E-state index < -0.39 is 11.7 Å². The van der Waals surface area contributed by atoms with Gasteiger partial charge >= 0.3 is 11.7 Å². The van der Waals surface area contributed by atoms with Gasteiger partial charge in [-0.3, -0.25) is 9.69 Å². The summed E-state index contributed by atoms with van der Waals surface area (Å²) in [4.78, 5) is 35.3. The van der Waals surface area contributed by atoms with E-state index in [1.807, 2.05) is 0 Å². The molecule has 0 bridgehead atoms. The zero-order chi connectivity index (χ0) is 23.8. The standard InChI is InChI=1S/C22H24ClN7O4/c23-16-3-1-15(2-4-16)14-26-22(32)34-19-13-18(28-29-20(19)31)17-5-6-24-21(27-17)25-7-8-30-9-11-33-12-10-30/h1-6,13H,7-12,14H2,(H,26,32)(H,29,31)(H,24,25,27). The highest BCUT2D eigenvalue weighted by Crippen LogP contribution is 2.17. The summed E-state index contributed by atoms with van der Waals surface area (Å²) in [5.74, 6) is 0.237. The minimum Gasteiger partial charge on any atom is -0.404 e. The lowest BCUT2D eigenvalue weighted by Crippen LogP contribution is -2.39. The fraction of sp³-hybridized carbons (Fsp3) is 0.318. The van der Waals surface area contributed by atoms with Crippen LogP contribution in [-0.2, 0) is 11.3 Å². The average molecular weight is 486 g/mol. The van der Waals surface area contributed by atoms with Gasteiger partial charge in [-0.05, 0) is 23.8 Å². The van der Waals surface area contributed by atoms with Gasteiger partial charge in [0.15, 0.2) is 0 Å². The number of anilines is 1. The maximum absolute atomic E-state index is 12.2. The van der Waals surface area contributed by atoms with Gasteiger partial charge in [0.25, 0.3) is 0 Å². The summed E-state index contributed by atoms with van der Waals surface area (Å²) in [7, 11) is 0. The van der Waals surface area contributed by atoms with Crippen molar-refractivity contribution in [1.82, 2.24) is 30.4 Å². The van der Waals surface area contributed by atoms with Gasteiger partial charge in [0.1, 0.15) is 5.69 Å². The van der Waals surface area contributed by atoms with Crippen molar-refractivity contribution in [3.63, 3.8) is 0 Å². The summed E-state index contributed by atoms with van der Waals surface area (Å²) in [5, 5.41) is 12.7. The number of carbonyl (C=O) groups excluding carboxylic acids is 1. The Hall–Kier alpha value is -3.54. The van der Waals surface area contributed by atoms with E-state index in [0.717, 1.165) is 38.4 Å². The van der Waals surface area contributed by atoms with Gasteiger partial charge in [0, 0.05) is 50.0 Å². The van der Waals surface area contributed by atoms with Crippen LogP contribution in [0.1, 0.15) is 5.56 Å². The van der Waals surface area contributed by atoms with E-state index in [-0.39, 0.29) is 12.3 Å². The number of aromatic amines is 1. The number of morpholine rings is 1. The molecule has 3 aromatic rings. The highest BCUT2D eigenvalue weighted by molar-refractivity contribution is 6.30. The van der Waals surface area contributed by atoms with Crippen LogP contribution in [-0.4, -0.2) is 70.6 Å². The van der Waals surface area contributed by atoms with E-state index in [9.17, 15) is 9.59 Å². The molecule has 0 saturated carbocycles. The molecule has 178 valence electrons. The molecular weight excluding hydrogens is 462 g/mol. The number of H-pyrrole nitrogens is 1. The summed E-state index contributed by atoms with van der Waals surface area (Å²) in [6.45, 7) is 5.03. The zero-order valence-electron chi connectivity index (χ0n) is 18.3. The summed E-state index contributed by atoms with van der Waals surface area (Å²) in [6, 6.07) is 10.0. The number of nitrogens with one attached hydrogen (secondary N) is 3. The van der Waals surface area contributed by atoms with Gasteiger partial charge in [0.2, 0.25) is 11.7 Å². The lowest BCUT2D eigenvalue weighted by atomic mass is 10.2. The molecule has 3 heterocycles. The molecule has 34 heavy (non-hydrogen) atoms. The Morgan fingerprint density at radius 2 is 1.97 bits per heavy atom. The SMILES string of the molecule is O=C(NCc1ccc(Cl)cc1)Oc1cc(-c2ccnc(NCCN3CCOCC3)n2)n[nH]c1=O. The number of halogens is 1. The number of benzene rings is 1. The second kappa shape index (κ2) is 11.5. The van der Waals surface area contributed by atoms with Crippen LogP contribution in [0.25, 0.3) is 11.4 Å². The number of ether oxygens (including phenoxy) is 2. The summed E-state index contributed by atoms with van der Waals surface area (Å²) >= 11 is 5.86. The van der Waals surface area contributed by atoms with Crippen LogP contribution in [0.3, 0.4) is 0 Å². The Labute approximate surface area is 200 Å². The van der Waals surface area contributed by atoms with Crippen molar-refractivity contribution in [2.24, 2.45) is 0 Å². The summed E-state index contributed by atoms with van der Waals surface area (Å²) in [5.41, 5.74) is 0.994. The molecule has 0 aliphatic carbocycles. The minimum atomic E-state index is -0.772. The molecule has 1 aliphatic rings. The highest BCUT2D eigenvalue weighted by atomic mass is 35.5. The van der Waals surface area contributed by atoms with Crippen LogP contribution in [0.5, 0.6) is 5.75 Å². The molecular formula is C22H24ClN7O4. The first-order valence-corrected chi connectivity index (χ1v) is 11.1. The fourth-order valence-electron chi connectivity index (χ4n) is 3.24. The van der Waals surface area contributed by atoms with Crippen LogP contribution in [0.15, 0.2) is 47.4 Å². The van der Waals surface area contributed by atoms with E-state index in [0.29, 0.717) is 28.9 Å². The van der Waals surface area contributed by atoms with Crippen LogP contribution in [0, 0.1) is 0 Å². The van der Waals surface area contributed by atoms with E-state index in [1.54, 1.807) is 36.5 Å². The second-order valence-electron chi connectivity index (χ2n) is 7.46. The van der Waals surface area contributed by atoms with Gasteiger partial charge in [-0.15, -0.1) is 0 Å². The fourth-order valence-corrected chi connectivity index (χ4v) is 3.37. The third kappa shape index (κ3) is 6.73. The van der Waals surface area contributed by atoms with Crippen molar-refractivity contribution >= 4 is 23.6 Å². The topological polar surface area (TPSA) is 134 Å². The van der Waals surface area contributed by atoms with Crippen LogP contribution < -0.4 is 20.9 Å². The molecule has 1 fully saturated rings. The first-order valence-electron chi connectivity index (χ1n) is 10.7. The van der Waals surface area contributed by atoms with Gasteiger partial charge in [0.05, 0.1) is 18.9 Å². The molecule has 1 aliphatic heterocycles. The number of nitrogens with zero attached hydrogens (tertiary/aromatic N) is 4. The van der Waals surface area contributed by atoms with E-state index in [2.05, 4.69) is 35.7 Å². The smallest absolute Gasteiger partial charge is 0.404 e. The number of hydrogen-bond acceptors (Lipinski definition) is 9. The lowest BCUT2D eigenvalue weighted by molar-refractivity contribution is 0.0398. The normalized spacial score (nSPS) is 13.9. The Morgan fingerprint density at radius 3 is 2.76 bits per heavy atom. The molecule has 12 heteroatoms. The van der Waals surface area contributed by atoms with E-state index in [1.165, 1.54) is 6.07 Å². The number of hydrogen-bond donors (Lipinski definition) is 3. The third-order valence-electron chi connectivity index (χ3n) is 5.06. The van der Waals surface area contributed by atoms with Gasteiger partial charge in [-0.25, -0.2) is 19.9 Å². The molecule has 2 aromatic heterocycles. The average Bonchev–Trinajstić information content (AvgIpc) is 2.86. The highest BCUT2D eigenvalue weighted by Gasteiger charge is 2.13. The van der Waals surface area contributed by atoms with Gasteiger partial charge in [-0.2, -0.15) is 5.10 Å². The Balaban J connectivity index is 1.36. The number of rotatable bonds is 8. The molecule has 0 spiro atoms. The number of carbonyl (C=O) groups is 1. The maximum Gasteiger partial charge on any atom is 0.413 e. The van der Waals surface area contributed by atoms with Crippen molar-refractivity contribution in [3.8, 4) is 17.1 Å². The van der Waals surface area contributed by atoms with Gasteiger partial charge in [-0.1, -0.05) is 23.7 Å². The van der Waals surface area contributed by atoms with Crippen LogP contribution in [0.2, 0.25) is 5.02 Å². The minimum absolute atomic E-state index is 0.195. The molecule has 11 nitrogen and oxygen atoms in total. The second-order valence-corrected chi connectivity index (χ2v) is 7.90. The molecule has 1 aromatic carbocycles. The maximum atomic E-state index is 12.2. The van der Waals surface area contributed by atoms with Crippen LogP contribution in [0.4, 0.5) is 10.7 Å². The van der Waals surface area contributed by atoms with Crippen LogP contribution >= 0.6 is 11.6 Å². The first-order chi connectivity index (χ1) is 16.6. The summed E-state index contributed by atoms with van der Waals surface area (Å²) in [6.07, 6.45) is 0.816. The zero-order valence-corrected chi connectivity index (χ0v) is 19.0. The number of aromatic nitrogens is 4. The first kappa shape index (κ1) is 23.6. The molecule has 0 atom stereocenters. The van der Waals surface area contributed by atoms with Crippen molar-refractivity contribution in [1.29, 1.82) is 0 Å². The molecule has 4 rings (SSSR count). The summed E-state index contributed by atoms with van der Waals surface area (Å²) < 4.78 is 10.5. The molecule has 1 amide bonds. The predicted octanol–water partition coefficient (Wildman–Crippen LogP) is 1.91. The van der Waals surface area contributed by atoms with E-state index in [4.69, 9.17) is 21.1 Å². The van der Waals surface area contributed by atoms with Gasteiger partial charge < -0.3 is 20.1 Å². The Bertz CT molecular complexity index is 1170. The van der Waals surface area contributed by atoms with Crippen molar-refractivity contribution in [2.75, 3.05) is 44.7 Å². The van der Waals surface area contributed by atoms with Crippen molar-refractivity contribution in [2.45, 2.75) is 6.54 Å². The lowest BCUT2D eigenvalue weighted by Gasteiger charge is -2.26. The van der Waals surface area contributed by atoms with Crippen molar-refractivity contribution < 1.29 is 14.3 Å². The molecule has 0 radical (unpaired) electrons. The molecule has 1 saturated heterocycles. The Kier molecular flexibility index (Phi) is 8.02. The van der Waals surface area contributed by atoms with E-state index >= 15 is 0 Å². The predicted molar refractivity (Wildman–Crippen MR) is 126 cm³/mol. The molecule has 3 N–H and O–H groups in total. The quantitative estimate of drug-likeness (QED) is 0.437. The van der Waals surface area contributed by atoms with Crippen molar-refractivity contribution in [3.05, 3.63) is 63.5 Å². The number of amides is 1. The Morgan fingerprint density at radius 1 is 1.18 bits per heavy atom. The molecule has 0 unspecified atom stereocenters. The third-order valence-corrected chi connectivity index (χ3v) is 5.31.